The second-order valence-corrected chi connectivity index (χ2v) is 7.10. The Kier molecular flexibility index (Phi) is 4.77. The molecule has 0 saturated carbocycles. The number of halogens is 1. The number of fused-ring (bicyclic) bond motifs is 1. The SMILES string of the molecule is O=[N+]([O-])c1ccc(Oc2ccc3c(c2)CCC(c2cccc(Br)c2)O3)nc1. The van der Waals surface area contributed by atoms with Gasteiger partial charge >= 0.3 is 0 Å². The Hall–Kier alpha value is -2.93. The maximum Gasteiger partial charge on any atom is 0.287 e. The van der Waals surface area contributed by atoms with E-state index in [1.54, 1.807) is 0 Å². The molecule has 27 heavy (non-hydrogen) atoms. The predicted octanol–water partition coefficient (Wildman–Crippen LogP) is 5.61. The summed E-state index contributed by atoms with van der Waals surface area (Å²) in [5.74, 6) is 1.78. The van der Waals surface area contributed by atoms with Crippen LogP contribution in [0, 0.1) is 10.1 Å². The van der Waals surface area contributed by atoms with Crippen LogP contribution in [0.3, 0.4) is 0 Å². The van der Waals surface area contributed by atoms with Crippen molar-refractivity contribution in [2.75, 3.05) is 0 Å². The van der Waals surface area contributed by atoms with Crippen LogP contribution < -0.4 is 9.47 Å². The van der Waals surface area contributed by atoms with Gasteiger partial charge in [0.1, 0.15) is 23.8 Å². The minimum Gasteiger partial charge on any atom is -0.485 e. The fourth-order valence-electron chi connectivity index (χ4n) is 3.03. The van der Waals surface area contributed by atoms with Gasteiger partial charge in [-0.1, -0.05) is 28.1 Å². The topological polar surface area (TPSA) is 74.5 Å². The van der Waals surface area contributed by atoms with Crippen LogP contribution in [0.5, 0.6) is 17.4 Å². The fourth-order valence-corrected chi connectivity index (χ4v) is 3.45. The number of rotatable bonds is 4. The number of hydrogen-bond donors (Lipinski definition) is 0. The summed E-state index contributed by atoms with van der Waals surface area (Å²) < 4.78 is 12.9. The van der Waals surface area contributed by atoms with Gasteiger partial charge in [-0.05, 0) is 54.3 Å². The van der Waals surface area contributed by atoms with Gasteiger partial charge in [-0.2, -0.15) is 0 Å². The Labute approximate surface area is 164 Å². The van der Waals surface area contributed by atoms with Crippen LogP contribution >= 0.6 is 15.9 Å². The first kappa shape index (κ1) is 17.5. The van der Waals surface area contributed by atoms with Crippen LogP contribution in [0.25, 0.3) is 0 Å². The van der Waals surface area contributed by atoms with E-state index in [2.05, 4.69) is 33.0 Å². The molecule has 136 valence electrons. The van der Waals surface area contributed by atoms with Crippen LogP contribution in [-0.4, -0.2) is 9.91 Å². The molecule has 0 spiro atoms. The lowest BCUT2D eigenvalue weighted by atomic mass is 9.97. The molecule has 2 aromatic carbocycles. The number of pyridine rings is 1. The van der Waals surface area contributed by atoms with Gasteiger partial charge in [0.25, 0.3) is 5.69 Å². The summed E-state index contributed by atoms with van der Waals surface area (Å²) in [5.41, 5.74) is 2.14. The van der Waals surface area contributed by atoms with E-state index in [0.29, 0.717) is 11.6 Å². The first-order chi connectivity index (χ1) is 13.1. The highest BCUT2D eigenvalue weighted by Crippen LogP contribution is 2.37. The number of nitro groups is 1. The summed E-state index contributed by atoms with van der Waals surface area (Å²) in [6.07, 6.45) is 2.96. The molecule has 0 radical (unpaired) electrons. The second-order valence-electron chi connectivity index (χ2n) is 6.18. The van der Waals surface area contributed by atoms with E-state index in [-0.39, 0.29) is 11.8 Å². The first-order valence-electron chi connectivity index (χ1n) is 8.42. The zero-order valence-electron chi connectivity index (χ0n) is 14.2. The van der Waals surface area contributed by atoms with Crippen molar-refractivity contribution in [1.29, 1.82) is 0 Å². The first-order valence-corrected chi connectivity index (χ1v) is 9.21. The number of ether oxygens (including phenoxy) is 2. The van der Waals surface area contributed by atoms with E-state index in [1.165, 1.54) is 18.3 Å². The molecule has 1 unspecified atom stereocenters. The Balaban J connectivity index is 1.49. The summed E-state index contributed by atoms with van der Waals surface area (Å²) in [4.78, 5) is 14.2. The smallest absolute Gasteiger partial charge is 0.287 e. The third kappa shape index (κ3) is 3.93. The number of hydrogen-bond acceptors (Lipinski definition) is 5. The highest BCUT2D eigenvalue weighted by atomic mass is 79.9. The largest absolute Gasteiger partial charge is 0.485 e. The minimum absolute atomic E-state index is 0.0260. The molecule has 0 saturated heterocycles. The number of nitrogens with zero attached hydrogens (tertiary/aromatic N) is 2. The van der Waals surface area contributed by atoms with Crippen molar-refractivity contribution in [2.45, 2.75) is 18.9 Å². The van der Waals surface area contributed by atoms with Gasteiger partial charge in [0.15, 0.2) is 0 Å². The van der Waals surface area contributed by atoms with E-state index >= 15 is 0 Å². The Morgan fingerprint density at radius 1 is 1.19 bits per heavy atom. The molecular weight excluding hydrogens is 412 g/mol. The monoisotopic (exact) mass is 426 g/mol. The van der Waals surface area contributed by atoms with Gasteiger partial charge in [0.05, 0.1) is 4.92 Å². The van der Waals surface area contributed by atoms with Gasteiger partial charge in [0, 0.05) is 16.6 Å². The Morgan fingerprint density at radius 2 is 2.07 bits per heavy atom. The van der Waals surface area contributed by atoms with Crippen molar-refractivity contribution in [3.63, 3.8) is 0 Å². The summed E-state index contributed by atoms with van der Waals surface area (Å²) in [5, 5.41) is 10.7. The highest BCUT2D eigenvalue weighted by Gasteiger charge is 2.22. The van der Waals surface area contributed by atoms with Crippen LogP contribution in [-0.2, 0) is 6.42 Å². The normalized spacial score (nSPS) is 15.5. The number of benzene rings is 2. The molecule has 3 aromatic rings. The van der Waals surface area contributed by atoms with Gasteiger partial charge in [-0.25, -0.2) is 4.98 Å². The Bertz CT molecular complexity index is 992. The van der Waals surface area contributed by atoms with Gasteiger partial charge < -0.3 is 9.47 Å². The molecule has 0 fully saturated rings. The van der Waals surface area contributed by atoms with Gasteiger partial charge in [-0.3, -0.25) is 10.1 Å². The Morgan fingerprint density at radius 3 is 2.81 bits per heavy atom. The van der Waals surface area contributed by atoms with Crippen molar-refractivity contribution < 1.29 is 14.4 Å². The van der Waals surface area contributed by atoms with E-state index in [9.17, 15) is 10.1 Å². The molecule has 1 aliphatic heterocycles. The molecule has 0 bridgehead atoms. The van der Waals surface area contributed by atoms with Crippen molar-refractivity contribution in [3.8, 4) is 17.4 Å². The fraction of sp³-hybridized carbons (Fsp3) is 0.150. The lowest BCUT2D eigenvalue weighted by Gasteiger charge is -2.27. The molecule has 0 N–H and O–H groups in total. The summed E-state index contributed by atoms with van der Waals surface area (Å²) in [7, 11) is 0. The lowest BCUT2D eigenvalue weighted by Crippen LogP contribution is -2.15. The summed E-state index contributed by atoms with van der Waals surface area (Å²) >= 11 is 3.50. The van der Waals surface area contributed by atoms with Crippen molar-refractivity contribution >= 4 is 21.6 Å². The molecule has 0 aliphatic carbocycles. The zero-order chi connectivity index (χ0) is 18.8. The van der Waals surface area contributed by atoms with Gasteiger partial charge in [-0.15, -0.1) is 0 Å². The number of aromatic nitrogens is 1. The average Bonchev–Trinajstić information content (AvgIpc) is 2.68. The standard InChI is InChI=1S/C20H15BrN2O4/c21-15-3-1-2-13(10-15)18-7-4-14-11-17(6-8-19(14)27-18)26-20-9-5-16(12-22-20)23(24)25/h1-3,5-6,8-12,18H,4,7H2. The molecule has 1 atom stereocenters. The molecule has 4 rings (SSSR count). The maximum atomic E-state index is 10.7. The highest BCUT2D eigenvalue weighted by molar-refractivity contribution is 9.10. The summed E-state index contributed by atoms with van der Waals surface area (Å²) in [6, 6.07) is 16.6. The molecular formula is C20H15BrN2O4. The predicted molar refractivity (Wildman–Crippen MR) is 103 cm³/mol. The molecule has 0 amide bonds. The second kappa shape index (κ2) is 7.36. The quantitative estimate of drug-likeness (QED) is 0.400. The van der Waals surface area contributed by atoms with E-state index in [1.807, 2.05) is 30.3 Å². The van der Waals surface area contributed by atoms with Crippen molar-refractivity contribution in [3.05, 3.63) is 86.5 Å². The molecule has 1 aromatic heterocycles. The summed E-state index contributed by atoms with van der Waals surface area (Å²) in [6.45, 7) is 0. The lowest BCUT2D eigenvalue weighted by molar-refractivity contribution is -0.385. The third-order valence-electron chi connectivity index (χ3n) is 4.35. The van der Waals surface area contributed by atoms with Crippen LogP contribution in [0.4, 0.5) is 5.69 Å². The van der Waals surface area contributed by atoms with Crippen molar-refractivity contribution in [2.24, 2.45) is 0 Å². The van der Waals surface area contributed by atoms with Crippen LogP contribution in [0.15, 0.2) is 65.3 Å². The average molecular weight is 427 g/mol. The molecule has 1 aliphatic rings. The third-order valence-corrected chi connectivity index (χ3v) is 4.84. The zero-order valence-corrected chi connectivity index (χ0v) is 15.8. The van der Waals surface area contributed by atoms with Gasteiger partial charge in [0.2, 0.25) is 5.88 Å². The molecule has 7 heteroatoms. The van der Waals surface area contributed by atoms with Crippen molar-refractivity contribution in [1.82, 2.24) is 4.98 Å². The minimum atomic E-state index is -0.491. The van der Waals surface area contributed by atoms with E-state index in [0.717, 1.165) is 34.2 Å². The van der Waals surface area contributed by atoms with Crippen LogP contribution in [0.1, 0.15) is 23.7 Å². The van der Waals surface area contributed by atoms with Crippen LogP contribution in [0.2, 0.25) is 0 Å². The molecule has 6 nitrogen and oxygen atoms in total. The molecule has 2 heterocycles. The maximum absolute atomic E-state index is 10.7. The van der Waals surface area contributed by atoms with E-state index in [4.69, 9.17) is 9.47 Å². The number of aryl methyl sites for hydroxylation is 1. The van der Waals surface area contributed by atoms with E-state index < -0.39 is 4.92 Å².